The summed E-state index contributed by atoms with van der Waals surface area (Å²) in [7, 11) is 0. The maximum Gasteiger partial charge on any atom is 0.262 e. The minimum absolute atomic E-state index is 0.131. The summed E-state index contributed by atoms with van der Waals surface area (Å²) >= 11 is 0. The van der Waals surface area contributed by atoms with Crippen LogP contribution in [-0.4, -0.2) is 44.8 Å². The van der Waals surface area contributed by atoms with Crippen LogP contribution < -0.4 is 10.9 Å². The third kappa shape index (κ3) is 3.63. The Kier molecular flexibility index (Phi) is 4.87. The molecule has 0 aliphatic carbocycles. The molecule has 150 valence electrons. The van der Waals surface area contributed by atoms with E-state index in [2.05, 4.69) is 20.3 Å². The summed E-state index contributed by atoms with van der Waals surface area (Å²) in [6, 6.07) is 3.62. The summed E-state index contributed by atoms with van der Waals surface area (Å²) in [6.45, 7) is 4.33. The number of fused-ring (bicyclic) bond motifs is 1. The van der Waals surface area contributed by atoms with Gasteiger partial charge in [0.1, 0.15) is 17.0 Å². The Bertz CT molecular complexity index is 1130. The number of amides is 2. The number of aromatic nitrogens is 3. The quantitative estimate of drug-likeness (QED) is 0.700. The predicted molar refractivity (Wildman–Crippen MR) is 106 cm³/mol. The number of likely N-dealkylation sites (tertiary alicyclic amines) is 1. The molecule has 1 unspecified atom stereocenters. The first-order valence-electron chi connectivity index (χ1n) is 9.43. The second-order valence-electron chi connectivity index (χ2n) is 7.25. The smallest absolute Gasteiger partial charge is 0.262 e. The molecule has 0 aromatic carbocycles. The summed E-state index contributed by atoms with van der Waals surface area (Å²) in [5.74, 6) is -0.0357. The van der Waals surface area contributed by atoms with Crippen LogP contribution in [0.15, 0.2) is 33.9 Å². The van der Waals surface area contributed by atoms with Gasteiger partial charge in [-0.3, -0.25) is 14.4 Å². The van der Waals surface area contributed by atoms with Crippen molar-refractivity contribution in [2.45, 2.75) is 26.7 Å². The van der Waals surface area contributed by atoms with Gasteiger partial charge in [-0.05, 0) is 38.3 Å². The number of aromatic amines is 1. The lowest BCUT2D eigenvalue weighted by Crippen LogP contribution is -2.44. The molecule has 0 spiro atoms. The van der Waals surface area contributed by atoms with Crippen molar-refractivity contribution in [3.63, 3.8) is 0 Å². The number of hydrogen-bond donors (Lipinski definition) is 2. The van der Waals surface area contributed by atoms with E-state index in [0.29, 0.717) is 31.0 Å². The molecule has 1 fully saturated rings. The Hall–Kier alpha value is -3.49. The van der Waals surface area contributed by atoms with Crippen molar-refractivity contribution in [1.29, 1.82) is 0 Å². The topological polar surface area (TPSA) is 121 Å². The Morgan fingerprint density at radius 1 is 1.28 bits per heavy atom. The fraction of sp³-hybridized carbons (Fsp3) is 0.350. The van der Waals surface area contributed by atoms with Crippen LogP contribution in [0.3, 0.4) is 0 Å². The van der Waals surface area contributed by atoms with E-state index in [9.17, 15) is 14.4 Å². The van der Waals surface area contributed by atoms with Gasteiger partial charge in [0.2, 0.25) is 11.6 Å². The average Bonchev–Trinajstić information content (AvgIpc) is 3.06. The Morgan fingerprint density at radius 3 is 2.86 bits per heavy atom. The number of piperidine rings is 1. The summed E-state index contributed by atoms with van der Waals surface area (Å²) in [5.41, 5.74) is 0.915. The minimum Gasteiger partial charge on any atom is -0.442 e. The number of anilines is 1. The zero-order valence-corrected chi connectivity index (χ0v) is 16.2. The van der Waals surface area contributed by atoms with Gasteiger partial charge in [-0.15, -0.1) is 0 Å². The molecule has 1 aliphatic heterocycles. The number of carbonyl (C=O) groups excluding carboxylic acids is 2. The van der Waals surface area contributed by atoms with Crippen molar-refractivity contribution in [2.75, 3.05) is 18.4 Å². The molecule has 3 aromatic rings. The van der Waals surface area contributed by atoms with Gasteiger partial charge in [-0.1, -0.05) is 6.07 Å². The molecule has 2 N–H and O–H groups in total. The van der Waals surface area contributed by atoms with E-state index in [1.807, 2.05) is 13.0 Å². The number of hydrogen-bond acceptors (Lipinski definition) is 6. The number of nitrogens with one attached hydrogen (secondary N) is 2. The first-order chi connectivity index (χ1) is 13.9. The monoisotopic (exact) mass is 395 g/mol. The van der Waals surface area contributed by atoms with Gasteiger partial charge < -0.3 is 19.6 Å². The number of H-pyrrole nitrogens is 1. The van der Waals surface area contributed by atoms with Gasteiger partial charge in [-0.2, -0.15) is 0 Å². The highest BCUT2D eigenvalue weighted by molar-refractivity contribution is 6.06. The molecule has 3 aromatic heterocycles. The molecular formula is C20H21N5O4. The molecule has 4 heterocycles. The highest BCUT2D eigenvalue weighted by Crippen LogP contribution is 2.25. The van der Waals surface area contributed by atoms with Gasteiger partial charge in [0, 0.05) is 19.3 Å². The van der Waals surface area contributed by atoms with Crippen LogP contribution >= 0.6 is 0 Å². The molecule has 9 heteroatoms. The lowest BCUT2D eigenvalue weighted by Gasteiger charge is -2.32. The maximum atomic E-state index is 13.2. The van der Waals surface area contributed by atoms with Gasteiger partial charge in [-0.25, -0.2) is 9.97 Å². The molecule has 1 saturated heterocycles. The van der Waals surface area contributed by atoms with Crippen LogP contribution in [0.5, 0.6) is 0 Å². The van der Waals surface area contributed by atoms with Crippen molar-refractivity contribution < 1.29 is 14.0 Å². The predicted octanol–water partition coefficient (Wildman–Crippen LogP) is 2.02. The highest BCUT2D eigenvalue weighted by atomic mass is 16.3. The second-order valence-corrected chi connectivity index (χ2v) is 7.25. The molecule has 4 rings (SSSR count). The molecule has 29 heavy (non-hydrogen) atoms. The molecule has 2 amide bonds. The largest absolute Gasteiger partial charge is 0.442 e. The first kappa shape index (κ1) is 18.9. The molecular weight excluding hydrogens is 374 g/mol. The van der Waals surface area contributed by atoms with E-state index in [-0.39, 0.29) is 40.9 Å². The Balaban J connectivity index is 1.53. The fourth-order valence-electron chi connectivity index (χ4n) is 3.61. The summed E-state index contributed by atoms with van der Waals surface area (Å²) < 4.78 is 5.49. The second kappa shape index (κ2) is 7.50. The van der Waals surface area contributed by atoms with Crippen LogP contribution in [0, 0.1) is 19.8 Å². The van der Waals surface area contributed by atoms with Gasteiger partial charge in [0.25, 0.3) is 11.5 Å². The van der Waals surface area contributed by atoms with Crippen LogP contribution in [0.4, 0.5) is 5.82 Å². The normalized spacial score (nSPS) is 16.8. The molecule has 1 atom stereocenters. The van der Waals surface area contributed by atoms with Crippen molar-refractivity contribution in [3.8, 4) is 0 Å². The van der Waals surface area contributed by atoms with E-state index in [4.69, 9.17) is 4.42 Å². The van der Waals surface area contributed by atoms with Crippen LogP contribution in [0.1, 0.15) is 34.5 Å². The lowest BCUT2D eigenvalue weighted by molar-refractivity contribution is -0.121. The Labute approximate surface area is 166 Å². The van der Waals surface area contributed by atoms with Gasteiger partial charge in [0.15, 0.2) is 0 Å². The maximum absolute atomic E-state index is 13.2. The van der Waals surface area contributed by atoms with E-state index in [0.717, 1.165) is 5.56 Å². The molecule has 1 aliphatic rings. The number of pyridine rings is 1. The number of carbonyl (C=O) groups is 2. The van der Waals surface area contributed by atoms with Crippen molar-refractivity contribution in [1.82, 2.24) is 19.9 Å². The molecule has 0 radical (unpaired) electrons. The highest BCUT2D eigenvalue weighted by Gasteiger charge is 2.32. The van der Waals surface area contributed by atoms with E-state index >= 15 is 0 Å². The summed E-state index contributed by atoms with van der Waals surface area (Å²) in [5, 5.41) is 2.96. The third-order valence-corrected chi connectivity index (χ3v) is 5.13. The fourth-order valence-corrected chi connectivity index (χ4v) is 3.61. The number of nitrogens with zero attached hydrogens (tertiary/aromatic N) is 3. The van der Waals surface area contributed by atoms with Crippen LogP contribution in [0.25, 0.3) is 11.1 Å². The first-order valence-corrected chi connectivity index (χ1v) is 9.43. The van der Waals surface area contributed by atoms with E-state index in [1.54, 1.807) is 24.1 Å². The van der Waals surface area contributed by atoms with Crippen molar-refractivity contribution >= 4 is 28.7 Å². The SMILES string of the molecule is Cc1ccc(NC(=O)C2CCCN(C(=O)c3c(C)oc4nc[nH]c(=O)c34)C2)nc1. The minimum atomic E-state index is -0.424. The summed E-state index contributed by atoms with van der Waals surface area (Å²) in [4.78, 5) is 50.3. The third-order valence-electron chi connectivity index (χ3n) is 5.13. The number of aryl methyl sites for hydroxylation is 2. The standard InChI is InChI=1S/C20H21N5O4/c1-11-5-6-14(21-8-11)24-17(26)13-4-3-7-25(9-13)20(28)15-12(2)29-19-16(15)18(27)22-10-23-19/h5-6,8,10,13H,3-4,7,9H2,1-2H3,(H,21,24,26)(H,22,23,27). The zero-order chi connectivity index (χ0) is 20.5. The average molecular weight is 395 g/mol. The van der Waals surface area contributed by atoms with Crippen molar-refractivity contribution in [2.24, 2.45) is 5.92 Å². The van der Waals surface area contributed by atoms with E-state index in [1.165, 1.54) is 6.33 Å². The Morgan fingerprint density at radius 2 is 2.10 bits per heavy atom. The van der Waals surface area contributed by atoms with Crippen molar-refractivity contribution in [3.05, 3.63) is 51.9 Å². The number of rotatable bonds is 3. The summed E-state index contributed by atoms with van der Waals surface area (Å²) in [6.07, 6.45) is 4.29. The molecule has 0 bridgehead atoms. The number of furan rings is 1. The van der Waals surface area contributed by atoms with E-state index < -0.39 is 5.56 Å². The lowest BCUT2D eigenvalue weighted by atomic mass is 9.96. The van der Waals surface area contributed by atoms with Crippen LogP contribution in [0.2, 0.25) is 0 Å². The zero-order valence-electron chi connectivity index (χ0n) is 16.2. The molecule has 0 saturated carbocycles. The van der Waals surface area contributed by atoms with Gasteiger partial charge in [0.05, 0.1) is 17.8 Å². The molecule has 9 nitrogen and oxygen atoms in total. The van der Waals surface area contributed by atoms with Gasteiger partial charge >= 0.3 is 0 Å². The van der Waals surface area contributed by atoms with Crippen LogP contribution in [-0.2, 0) is 4.79 Å².